The zero-order valence-corrected chi connectivity index (χ0v) is 27.8. The molecule has 3 aromatic rings. The molecular weight excluding hydrogens is 624 g/mol. The molecule has 2 aromatic heterocycles. The third-order valence-corrected chi connectivity index (χ3v) is 9.21. The van der Waals surface area contributed by atoms with E-state index in [0.717, 1.165) is 33.9 Å². The largest absolute Gasteiger partial charge is 0.481 e. The van der Waals surface area contributed by atoms with E-state index >= 15 is 0 Å². The number of carboxylic acids is 1. The Morgan fingerprint density at radius 2 is 1.91 bits per heavy atom. The third kappa shape index (κ3) is 7.30. The van der Waals surface area contributed by atoms with Crippen molar-refractivity contribution in [1.29, 1.82) is 0 Å². The minimum atomic E-state index is -1.13. The molecule has 6 rings (SSSR count). The number of aliphatic imine (C=N–C) groups is 1. The maximum atomic E-state index is 12.9. The number of Topliss-reactive ketones (excluding diaryl/α,β-unsaturated/α-hetero) is 1. The zero-order valence-electron chi connectivity index (χ0n) is 27.0. The van der Waals surface area contributed by atoms with Gasteiger partial charge in [-0.25, -0.2) is 9.78 Å². The summed E-state index contributed by atoms with van der Waals surface area (Å²) >= 11 is 6.73. The van der Waals surface area contributed by atoms with Gasteiger partial charge >= 0.3 is 17.9 Å². The topological polar surface area (TPSA) is 150 Å². The molecule has 2 saturated carbocycles. The molecule has 2 atom stereocenters. The SMILES string of the molecule is CCCOC(=O)C1(OC(=O)CC[C@@H]2N=C(c3ccccn3)c3c(cc(C)c(Cl)c3C)-n3c(C)cnc32)CC1.O=C1CC[C@@H](C(=O)O)C1. The molecule has 1 N–H and O–H groups in total. The molecule has 12 heteroatoms. The first-order valence-corrected chi connectivity index (χ1v) is 16.3. The molecule has 3 aliphatic rings. The van der Waals surface area contributed by atoms with Gasteiger partial charge in [-0.15, -0.1) is 0 Å². The van der Waals surface area contributed by atoms with E-state index in [9.17, 15) is 19.2 Å². The minimum Gasteiger partial charge on any atom is -0.481 e. The van der Waals surface area contributed by atoms with Crippen molar-refractivity contribution >= 4 is 41.0 Å². The monoisotopic (exact) mass is 662 g/mol. The van der Waals surface area contributed by atoms with Crippen LogP contribution in [0.25, 0.3) is 5.69 Å². The Bertz CT molecular complexity index is 1730. The van der Waals surface area contributed by atoms with Crippen LogP contribution in [0.5, 0.6) is 0 Å². The molecule has 0 amide bonds. The fourth-order valence-corrected chi connectivity index (χ4v) is 6.07. The Hall–Kier alpha value is -4.38. The standard InChI is InChI=1S/C29H31ClN4O4.C6H8O3/c1-5-14-37-28(36)29(11-12-29)38-23(35)10-9-21-27-32-16-18(3)34(27)22-15-17(2)25(30)19(4)24(22)26(33-21)20-8-6-7-13-31-20;7-5-2-1-4(3-5)6(8)9/h6-8,13,15-16,21H,5,9-12,14H2,1-4H3;4H,1-3H2,(H,8,9)/t21-;4-/m01/s1. The van der Waals surface area contributed by atoms with Gasteiger partial charge in [-0.3, -0.25) is 28.9 Å². The van der Waals surface area contributed by atoms with Crippen LogP contribution in [0.4, 0.5) is 0 Å². The van der Waals surface area contributed by atoms with E-state index in [4.69, 9.17) is 36.2 Å². The quantitative estimate of drug-likeness (QED) is 0.273. The summed E-state index contributed by atoms with van der Waals surface area (Å²) in [5.41, 5.74) is 4.91. The number of carbonyl (C=O) groups excluding carboxylic acids is 3. The predicted molar refractivity (Wildman–Crippen MR) is 174 cm³/mol. The Kier molecular flexibility index (Phi) is 10.2. The van der Waals surface area contributed by atoms with E-state index in [-0.39, 0.29) is 18.6 Å². The Balaban J connectivity index is 0.000000417. The van der Waals surface area contributed by atoms with E-state index in [1.54, 1.807) is 6.20 Å². The summed E-state index contributed by atoms with van der Waals surface area (Å²) in [6, 6.07) is 7.31. The van der Waals surface area contributed by atoms with Crippen LogP contribution in [0.15, 0.2) is 41.7 Å². The molecule has 3 heterocycles. The number of carboxylic acid groups (broad SMARTS) is 1. The average molecular weight is 663 g/mol. The van der Waals surface area contributed by atoms with Gasteiger partial charge in [0.1, 0.15) is 17.6 Å². The minimum absolute atomic E-state index is 0.0769. The fourth-order valence-electron chi connectivity index (χ4n) is 5.92. The van der Waals surface area contributed by atoms with Crippen LogP contribution in [0.1, 0.15) is 98.2 Å². The molecule has 2 aliphatic carbocycles. The Labute approximate surface area is 278 Å². The average Bonchev–Trinajstić information content (AvgIpc) is 3.58. The van der Waals surface area contributed by atoms with Gasteiger partial charge in [0.25, 0.3) is 0 Å². The number of nitrogens with zero attached hydrogens (tertiary/aromatic N) is 4. The number of aromatic nitrogens is 3. The number of carbonyl (C=O) groups is 4. The second-order valence-electron chi connectivity index (χ2n) is 12.3. The predicted octanol–water partition coefficient (Wildman–Crippen LogP) is 5.99. The maximum Gasteiger partial charge on any atom is 0.350 e. The number of aliphatic carboxylic acids is 1. The van der Waals surface area contributed by atoms with Crippen LogP contribution in [-0.2, 0) is 28.7 Å². The van der Waals surface area contributed by atoms with Crippen molar-refractivity contribution in [2.24, 2.45) is 10.9 Å². The van der Waals surface area contributed by atoms with Crippen molar-refractivity contribution in [2.75, 3.05) is 6.61 Å². The molecule has 0 radical (unpaired) electrons. The molecule has 248 valence electrons. The first kappa shape index (κ1) is 34.0. The number of ketones is 1. The van der Waals surface area contributed by atoms with Crippen molar-refractivity contribution in [2.45, 2.75) is 90.7 Å². The molecule has 0 spiro atoms. The first-order valence-electron chi connectivity index (χ1n) is 15.9. The molecule has 2 fully saturated rings. The van der Waals surface area contributed by atoms with Gasteiger partial charge in [-0.05, 0) is 69.4 Å². The number of esters is 2. The highest BCUT2D eigenvalue weighted by Crippen LogP contribution is 2.42. The molecule has 0 saturated heterocycles. The number of imidazole rings is 1. The van der Waals surface area contributed by atoms with Gasteiger partial charge in [-0.1, -0.05) is 24.6 Å². The van der Waals surface area contributed by atoms with Crippen LogP contribution < -0.4 is 0 Å². The third-order valence-electron chi connectivity index (χ3n) is 8.63. The first-order chi connectivity index (χ1) is 22.5. The zero-order chi connectivity index (χ0) is 33.9. The van der Waals surface area contributed by atoms with Crippen molar-refractivity contribution in [3.63, 3.8) is 0 Å². The Morgan fingerprint density at radius 1 is 1.15 bits per heavy atom. The smallest absolute Gasteiger partial charge is 0.350 e. The maximum absolute atomic E-state index is 12.9. The lowest BCUT2D eigenvalue weighted by Crippen LogP contribution is -2.31. The number of benzene rings is 1. The number of aryl methyl sites for hydroxylation is 2. The molecule has 0 bridgehead atoms. The fraction of sp³-hybridized carbons (Fsp3) is 0.457. The van der Waals surface area contributed by atoms with E-state index < -0.39 is 35.5 Å². The van der Waals surface area contributed by atoms with Crippen molar-refractivity contribution in [3.05, 3.63) is 75.6 Å². The van der Waals surface area contributed by atoms with Crippen LogP contribution >= 0.6 is 11.6 Å². The van der Waals surface area contributed by atoms with E-state index in [1.165, 1.54) is 0 Å². The van der Waals surface area contributed by atoms with Gasteiger partial charge in [0.2, 0.25) is 5.60 Å². The molecule has 1 aliphatic heterocycles. The van der Waals surface area contributed by atoms with E-state index in [0.29, 0.717) is 61.6 Å². The van der Waals surface area contributed by atoms with E-state index in [2.05, 4.69) is 15.6 Å². The second kappa shape index (κ2) is 14.2. The Morgan fingerprint density at radius 3 is 2.51 bits per heavy atom. The summed E-state index contributed by atoms with van der Waals surface area (Å²) in [7, 11) is 0. The number of rotatable bonds is 9. The van der Waals surface area contributed by atoms with Crippen LogP contribution in [0.3, 0.4) is 0 Å². The second-order valence-corrected chi connectivity index (χ2v) is 12.7. The number of hydrogen-bond acceptors (Lipinski definition) is 9. The highest BCUT2D eigenvalue weighted by atomic mass is 35.5. The molecule has 0 unspecified atom stereocenters. The number of fused-ring (bicyclic) bond motifs is 3. The number of pyridine rings is 1. The number of halogens is 1. The van der Waals surface area contributed by atoms with Gasteiger partial charge in [0.05, 0.1) is 29.6 Å². The van der Waals surface area contributed by atoms with Crippen LogP contribution in [-0.4, -0.2) is 61.3 Å². The lowest BCUT2D eigenvalue weighted by molar-refractivity contribution is -0.171. The summed E-state index contributed by atoms with van der Waals surface area (Å²) in [6.07, 6.45) is 6.91. The molecule has 1 aromatic carbocycles. The van der Waals surface area contributed by atoms with Gasteiger partial charge in [0.15, 0.2) is 0 Å². The van der Waals surface area contributed by atoms with E-state index in [1.807, 2.05) is 52.1 Å². The summed E-state index contributed by atoms with van der Waals surface area (Å²) in [5, 5.41) is 9.06. The van der Waals surface area contributed by atoms with Gasteiger partial charge < -0.3 is 14.6 Å². The number of hydrogen-bond donors (Lipinski definition) is 1. The van der Waals surface area contributed by atoms with Crippen LogP contribution in [0, 0.1) is 26.7 Å². The molecule has 47 heavy (non-hydrogen) atoms. The lowest BCUT2D eigenvalue weighted by Gasteiger charge is -2.18. The summed E-state index contributed by atoms with van der Waals surface area (Å²) < 4.78 is 13.0. The summed E-state index contributed by atoms with van der Waals surface area (Å²) in [6.45, 7) is 8.21. The van der Waals surface area contributed by atoms with Crippen molar-refractivity contribution in [1.82, 2.24) is 14.5 Å². The summed E-state index contributed by atoms with van der Waals surface area (Å²) in [5.74, 6) is -1.31. The normalized spacial score (nSPS) is 18.9. The van der Waals surface area contributed by atoms with Crippen molar-refractivity contribution in [3.8, 4) is 5.69 Å². The number of ether oxygens (including phenoxy) is 2. The van der Waals surface area contributed by atoms with Gasteiger partial charge in [0, 0.05) is 60.8 Å². The van der Waals surface area contributed by atoms with Crippen LogP contribution in [0.2, 0.25) is 5.02 Å². The van der Waals surface area contributed by atoms with Gasteiger partial charge in [-0.2, -0.15) is 0 Å². The highest BCUT2D eigenvalue weighted by Gasteiger charge is 2.55. The van der Waals surface area contributed by atoms with Crippen molar-refractivity contribution < 1.29 is 33.8 Å². The summed E-state index contributed by atoms with van der Waals surface area (Å²) in [4.78, 5) is 60.4. The molecular formula is C35H39ClN4O7. The lowest BCUT2D eigenvalue weighted by atomic mass is 9.96. The molecule has 11 nitrogen and oxygen atoms in total. The highest BCUT2D eigenvalue weighted by molar-refractivity contribution is 6.33.